The Bertz CT molecular complexity index is 309. The molecule has 0 bridgehead atoms. The average molecular weight is 270 g/mol. The van der Waals surface area contributed by atoms with Gasteiger partial charge in [0.15, 0.2) is 6.79 Å². The van der Waals surface area contributed by atoms with E-state index in [1.807, 2.05) is 0 Å². The van der Waals surface area contributed by atoms with E-state index in [9.17, 15) is 9.59 Å². The van der Waals surface area contributed by atoms with Crippen molar-refractivity contribution in [1.82, 2.24) is 0 Å². The van der Waals surface area contributed by atoms with Crippen LogP contribution in [0.5, 0.6) is 0 Å². The molecule has 5 heteroatoms. The minimum absolute atomic E-state index is 0.0302. The molecule has 0 N–H and O–H groups in total. The molecule has 19 heavy (non-hydrogen) atoms. The number of cyclic esters (lactones) is 2. The molecular weight excluding hydrogens is 248 g/mol. The quantitative estimate of drug-likeness (QED) is 0.683. The van der Waals surface area contributed by atoms with Crippen molar-refractivity contribution >= 4 is 11.9 Å². The van der Waals surface area contributed by atoms with Gasteiger partial charge in [0.05, 0.1) is 6.10 Å². The minimum Gasteiger partial charge on any atom is -0.463 e. The zero-order valence-electron chi connectivity index (χ0n) is 11.3. The lowest BCUT2D eigenvalue weighted by molar-refractivity contribution is -0.171. The second-order valence-electron chi connectivity index (χ2n) is 5.27. The summed E-state index contributed by atoms with van der Waals surface area (Å²) in [6.45, 7) is 0.249. The highest BCUT2D eigenvalue weighted by Crippen LogP contribution is 2.28. The summed E-state index contributed by atoms with van der Waals surface area (Å²) in [5.74, 6) is -0.155. The van der Waals surface area contributed by atoms with Crippen molar-refractivity contribution in [2.75, 3.05) is 13.4 Å². The third-order valence-electron chi connectivity index (χ3n) is 3.85. The zero-order chi connectivity index (χ0) is 13.5. The fraction of sp³-hybridized carbons (Fsp3) is 0.857. The van der Waals surface area contributed by atoms with Crippen LogP contribution in [-0.2, 0) is 23.8 Å². The first-order chi connectivity index (χ1) is 9.25. The molecule has 1 saturated carbocycles. The molecule has 2 aliphatic rings. The number of carbonyl (C=O) groups is 2. The smallest absolute Gasteiger partial charge is 0.307 e. The topological polar surface area (TPSA) is 61.8 Å². The van der Waals surface area contributed by atoms with Crippen LogP contribution < -0.4 is 0 Å². The van der Waals surface area contributed by atoms with Gasteiger partial charge in [-0.2, -0.15) is 0 Å². The molecule has 5 nitrogen and oxygen atoms in total. The molecule has 1 aliphatic carbocycles. The summed E-state index contributed by atoms with van der Waals surface area (Å²) >= 11 is 0. The van der Waals surface area contributed by atoms with Crippen LogP contribution in [0.1, 0.15) is 51.4 Å². The number of hydrogen-bond donors (Lipinski definition) is 0. The van der Waals surface area contributed by atoms with Crippen molar-refractivity contribution in [2.24, 2.45) is 5.92 Å². The van der Waals surface area contributed by atoms with Gasteiger partial charge in [0.25, 0.3) is 0 Å². The Kier molecular flexibility index (Phi) is 5.63. The molecule has 1 heterocycles. The Morgan fingerprint density at radius 2 is 1.53 bits per heavy atom. The van der Waals surface area contributed by atoms with Crippen molar-refractivity contribution in [3.8, 4) is 0 Å². The molecule has 108 valence electrons. The first kappa shape index (κ1) is 14.3. The Hall–Kier alpha value is -1.10. The molecule has 0 aromatic rings. The highest BCUT2D eigenvalue weighted by molar-refractivity contribution is 5.72. The average Bonchev–Trinajstić information content (AvgIpc) is 2.46. The number of rotatable bonds is 1. The van der Waals surface area contributed by atoms with Crippen molar-refractivity contribution in [2.45, 2.75) is 57.5 Å². The molecule has 1 aliphatic heterocycles. The molecule has 1 atom stereocenters. The van der Waals surface area contributed by atoms with Crippen molar-refractivity contribution in [3.05, 3.63) is 0 Å². The minimum atomic E-state index is -0.308. The van der Waals surface area contributed by atoms with Crippen LogP contribution in [-0.4, -0.2) is 31.4 Å². The molecule has 0 spiro atoms. The predicted molar refractivity (Wildman–Crippen MR) is 67.2 cm³/mol. The van der Waals surface area contributed by atoms with Crippen molar-refractivity contribution in [1.29, 1.82) is 0 Å². The maximum absolute atomic E-state index is 11.5. The van der Waals surface area contributed by atoms with E-state index in [1.165, 1.54) is 19.3 Å². The normalized spacial score (nSPS) is 28.1. The fourth-order valence-corrected chi connectivity index (χ4v) is 2.71. The summed E-state index contributed by atoms with van der Waals surface area (Å²) < 4.78 is 15.9. The number of carbonyl (C=O) groups excluding carboxylic acids is 2. The van der Waals surface area contributed by atoms with Gasteiger partial charge in [0.2, 0.25) is 0 Å². The largest absolute Gasteiger partial charge is 0.463 e. The van der Waals surface area contributed by atoms with Crippen molar-refractivity contribution in [3.63, 3.8) is 0 Å². The van der Waals surface area contributed by atoms with Gasteiger partial charge in [0.1, 0.15) is 6.61 Å². The Morgan fingerprint density at radius 3 is 2.26 bits per heavy atom. The summed E-state index contributed by atoms with van der Waals surface area (Å²) in [5, 5.41) is 0. The number of ether oxygens (including phenoxy) is 3. The standard InChI is InChI=1S/C14H22O5/c15-13-7-4-8-14(16)19-10-18-12(9-17-13)11-5-2-1-3-6-11/h11-12H,1-10H2. The third-order valence-corrected chi connectivity index (χ3v) is 3.85. The van der Waals surface area contributed by atoms with Gasteiger partial charge in [-0.15, -0.1) is 0 Å². The van der Waals surface area contributed by atoms with Crippen LogP contribution in [0.2, 0.25) is 0 Å². The van der Waals surface area contributed by atoms with Gasteiger partial charge in [-0.3, -0.25) is 9.59 Å². The van der Waals surface area contributed by atoms with Crippen LogP contribution in [0.3, 0.4) is 0 Å². The Labute approximate surface area is 113 Å². The second-order valence-corrected chi connectivity index (χ2v) is 5.27. The summed E-state index contributed by atoms with van der Waals surface area (Å²) in [4.78, 5) is 22.9. The predicted octanol–water partition coefficient (Wildman–Crippen LogP) is 2.18. The van der Waals surface area contributed by atoms with Gasteiger partial charge in [-0.25, -0.2) is 0 Å². The Balaban J connectivity index is 1.91. The van der Waals surface area contributed by atoms with E-state index in [2.05, 4.69) is 0 Å². The monoisotopic (exact) mass is 270 g/mol. The van der Waals surface area contributed by atoms with Crippen LogP contribution in [0.4, 0.5) is 0 Å². The maximum Gasteiger partial charge on any atom is 0.307 e. The molecule has 0 radical (unpaired) electrons. The molecule has 1 unspecified atom stereocenters. The van der Waals surface area contributed by atoms with Gasteiger partial charge >= 0.3 is 11.9 Å². The number of esters is 2. The molecule has 2 rings (SSSR count). The second kappa shape index (κ2) is 7.48. The third kappa shape index (κ3) is 4.82. The van der Waals surface area contributed by atoms with E-state index < -0.39 is 0 Å². The first-order valence-corrected chi connectivity index (χ1v) is 7.18. The van der Waals surface area contributed by atoms with E-state index >= 15 is 0 Å². The summed E-state index contributed by atoms with van der Waals surface area (Å²) in [6.07, 6.45) is 6.68. The SMILES string of the molecule is O=C1CCCC(=O)OCC(C2CCCCC2)OCO1. The summed E-state index contributed by atoms with van der Waals surface area (Å²) in [6, 6.07) is 0. The molecule has 2 fully saturated rings. The highest BCUT2D eigenvalue weighted by Gasteiger charge is 2.26. The number of hydrogen-bond acceptors (Lipinski definition) is 5. The van der Waals surface area contributed by atoms with Gasteiger partial charge in [-0.05, 0) is 25.2 Å². The van der Waals surface area contributed by atoms with Crippen molar-refractivity contribution < 1.29 is 23.8 Å². The fourth-order valence-electron chi connectivity index (χ4n) is 2.71. The van der Waals surface area contributed by atoms with Gasteiger partial charge in [-0.1, -0.05) is 19.3 Å². The van der Waals surface area contributed by atoms with E-state index in [4.69, 9.17) is 14.2 Å². The van der Waals surface area contributed by atoms with Crippen LogP contribution >= 0.6 is 0 Å². The Morgan fingerprint density at radius 1 is 0.842 bits per heavy atom. The molecule has 0 aromatic heterocycles. The summed E-state index contributed by atoms with van der Waals surface area (Å²) in [5.41, 5.74) is 0. The lowest BCUT2D eigenvalue weighted by Crippen LogP contribution is -2.32. The van der Waals surface area contributed by atoms with E-state index in [-0.39, 0.29) is 44.3 Å². The van der Waals surface area contributed by atoms with Crippen LogP contribution in [0, 0.1) is 5.92 Å². The lowest BCUT2D eigenvalue weighted by atomic mass is 9.85. The molecule has 0 aromatic carbocycles. The maximum atomic E-state index is 11.5. The van der Waals surface area contributed by atoms with E-state index in [0.717, 1.165) is 12.8 Å². The van der Waals surface area contributed by atoms with E-state index in [1.54, 1.807) is 0 Å². The van der Waals surface area contributed by atoms with Crippen LogP contribution in [0.15, 0.2) is 0 Å². The molecule has 0 amide bonds. The lowest BCUT2D eigenvalue weighted by Gasteiger charge is -2.29. The van der Waals surface area contributed by atoms with Crippen LogP contribution in [0.25, 0.3) is 0 Å². The van der Waals surface area contributed by atoms with Gasteiger partial charge < -0.3 is 14.2 Å². The zero-order valence-corrected chi connectivity index (χ0v) is 11.3. The van der Waals surface area contributed by atoms with E-state index in [0.29, 0.717) is 12.3 Å². The molecule has 1 saturated heterocycles. The molecular formula is C14H22O5. The highest BCUT2D eigenvalue weighted by atomic mass is 16.7. The summed E-state index contributed by atoms with van der Waals surface area (Å²) in [7, 11) is 0. The van der Waals surface area contributed by atoms with Gasteiger partial charge in [0, 0.05) is 12.8 Å². The first-order valence-electron chi connectivity index (χ1n) is 7.18.